The zero-order chi connectivity index (χ0) is 13.1. The predicted molar refractivity (Wildman–Crippen MR) is 68.0 cm³/mol. The number of nitrogens with one attached hydrogen (secondary N) is 1. The summed E-state index contributed by atoms with van der Waals surface area (Å²) in [5, 5.41) is 4.08. The van der Waals surface area contributed by atoms with E-state index in [1.165, 1.54) is 0 Å². The molecule has 1 aliphatic heterocycles. The number of ether oxygens (including phenoxy) is 2. The maximum absolute atomic E-state index is 11.3. The van der Waals surface area contributed by atoms with Crippen LogP contribution in [0.3, 0.4) is 0 Å². The van der Waals surface area contributed by atoms with Crippen molar-refractivity contribution in [1.29, 1.82) is 0 Å². The third-order valence-corrected chi connectivity index (χ3v) is 2.96. The van der Waals surface area contributed by atoms with Crippen LogP contribution < -0.4 is 14.9 Å². The highest BCUT2D eigenvalue weighted by atomic mass is 16.5. The second kappa shape index (κ2) is 5.08. The summed E-state index contributed by atoms with van der Waals surface area (Å²) in [6, 6.07) is 5.60. The van der Waals surface area contributed by atoms with Crippen LogP contribution in [-0.4, -0.2) is 25.8 Å². The van der Waals surface area contributed by atoms with Crippen molar-refractivity contribution in [3.63, 3.8) is 0 Å². The average Bonchev–Trinajstić information content (AvgIpc) is 2.41. The van der Waals surface area contributed by atoms with Gasteiger partial charge in [-0.2, -0.15) is 5.10 Å². The molecule has 1 unspecified atom stereocenters. The van der Waals surface area contributed by atoms with Gasteiger partial charge in [-0.1, -0.05) is 6.92 Å². The van der Waals surface area contributed by atoms with Gasteiger partial charge < -0.3 is 9.47 Å². The number of hydrazone groups is 1. The van der Waals surface area contributed by atoms with Gasteiger partial charge in [0.05, 0.1) is 19.9 Å². The number of hydrogen-bond acceptors (Lipinski definition) is 4. The van der Waals surface area contributed by atoms with Gasteiger partial charge in [-0.3, -0.25) is 4.79 Å². The molecule has 0 aromatic heterocycles. The Morgan fingerprint density at radius 1 is 1.28 bits per heavy atom. The highest BCUT2D eigenvalue weighted by Crippen LogP contribution is 2.29. The smallest absolute Gasteiger partial charge is 0.243 e. The summed E-state index contributed by atoms with van der Waals surface area (Å²) in [6.45, 7) is 1.88. The molecule has 0 spiro atoms. The van der Waals surface area contributed by atoms with E-state index < -0.39 is 0 Å². The molecule has 1 aromatic carbocycles. The van der Waals surface area contributed by atoms with Crippen molar-refractivity contribution in [2.24, 2.45) is 11.0 Å². The third kappa shape index (κ3) is 2.30. The minimum atomic E-state index is -0.0643. The molecule has 0 saturated heterocycles. The van der Waals surface area contributed by atoms with Crippen LogP contribution in [0.4, 0.5) is 0 Å². The van der Waals surface area contributed by atoms with Crippen LogP contribution in [0.2, 0.25) is 0 Å². The summed E-state index contributed by atoms with van der Waals surface area (Å²) in [5.41, 5.74) is 4.30. The Morgan fingerprint density at radius 2 is 2.00 bits per heavy atom. The van der Waals surface area contributed by atoms with E-state index in [0.717, 1.165) is 11.3 Å². The summed E-state index contributed by atoms with van der Waals surface area (Å²) in [7, 11) is 3.19. The number of carbonyl (C=O) groups excluding carboxylic acids is 1. The Morgan fingerprint density at radius 3 is 2.61 bits per heavy atom. The summed E-state index contributed by atoms with van der Waals surface area (Å²) < 4.78 is 10.4. The van der Waals surface area contributed by atoms with Crippen molar-refractivity contribution in [1.82, 2.24) is 5.43 Å². The van der Waals surface area contributed by atoms with Crippen LogP contribution in [0.5, 0.6) is 11.5 Å². The molecule has 1 amide bonds. The molecule has 0 fully saturated rings. The molecule has 0 radical (unpaired) electrons. The maximum atomic E-state index is 11.3. The summed E-state index contributed by atoms with van der Waals surface area (Å²) in [6.07, 6.45) is 0.626. The van der Waals surface area contributed by atoms with E-state index in [1.54, 1.807) is 14.2 Å². The molecule has 1 aliphatic rings. The number of carbonyl (C=O) groups is 1. The van der Waals surface area contributed by atoms with Gasteiger partial charge in [0, 0.05) is 17.9 Å². The Hall–Kier alpha value is -2.04. The van der Waals surface area contributed by atoms with Crippen molar-refractivity contribution in [3.8, 4) is 11.5 Å². The lowest BCUT2D eigenvalue weighted by Crippen LogP contribution is -2.33. The van der Waals surface area contributed by atoms with Crippen molar-refractivity contribution in [2.75, 3.05) is 14.2 Å². The first-order valence-electron chi connectivity index (χ1n) is 5.74. The molecule has 0 aliphatic carbocycles. The monoisotopic (exact) mass is 248 g/mol. The quantitative estimate of drug-likeness (QED) is 0.883. The van der Waals surface area contributed by atoms with E-state index in [-0.39, 0.29) is 11.8 Å². The normalized spacial score (nSPS) is 18.9. The van der Waals surface area contributed by atoms with Crippen molar-refractivity contribution in [3.05, 3.63) is 23.8 Å². The molecule has 0 saturated carbocycles. The zero-order valence-electron chi connectivity index (χ0n) is 10.7. The lowest BCUT2D eigenvalue weighted by atomic mass is 9.97. The second-order valence-electron chi connectivity index (χ2n) is 4.21. The predicted octanol–water partition coefficient (Wildman–Crippen LogP) is 1.56. The lowest BCUT2D eigenvalue weighted by Gasteiger charge is -2.18. The molecule has 1 atom stereocenters. The van der Waals surface area contributed by atoms with Gasteiger partial charge in [0.2, 0.25) is 5.91 Å². The summed E-state index contributed by atoms with van der Waals surface area (Å²) in [4.78, 5) is 11.3. The number of benzene rings is 1. The highest BCUT2D eigenvalue weighted by molar-refractivity contribution is 6.05. The third-order valence-electron chi connectivity index (χ3n) is 2.96. The highest BCUT2D eigenvalue weighted by Gasteiger charge is 2.22. The largest absolute Gasteiger partial charge is 0.493 e. The van der Waals surface area contributed by atoms with Gasteiger partial charge in [-0.15, -0.1) is 0 Å². The first-order chi connectivity index (χ1) is 8.65. The van der Waals surface area contributed by atoms with E-state index in [1.807, 2.05) is 25.1 Å². The molecule has 1 aromatic rings. The SMILES string of the molecule is COc1ccc(C2=NNC(=O)C(C)C2)cc1OC. The van der Waals surface area contributed by atoms with Crippen LogP contribution in [0.15, 0.2) is 23.3 Å². The van der Waals surface area contributed by atoms with Gasteiger partial charge in [-0.25, -0.2) is 5.43 Å². The van der Waals surface area contributed by atoms with Crippen LogP contribution >= 0.6 is 0 Å². The van der Waals surface area contributed by atoms with Gasteiger partial charge >= 0.3 is 0 Å². The van der Waals surface area contributed by atoms with Crippen LogP contribution in [-0.2, 0) is 4.79 Å². The van der Waals surface area contributed by atoms with Crippen molar-refractivity contribution < 1.29 is 14.3 Å². The molecular formula is C13H16N2O3. The molecule has 2 rings (SSSR count). The fraction of sp³-hybridized carbons (Fsp3) is 0.385. The topological polar surface area (TPSA) is 59.9 Å². The molecule has 1 N–H and O–H groups in total. The second-order valence-corrected chi connectivity index (χ2v) is 4.21. The first kappa shape index (κ1) is 12.4. The minimum absolute atomic E-state index is 0.0424. The van der Waals surface area contributed by atoms with E-state index in [9.17, 15) is 4.79 Å². The van der Waals surface area contributed by atoms with E-state index in [0.29, 0.717) is 17.9 Å². The minimum Gasteiger partial charge on any atom is -0.493 e. The molecular weight excluding hydrogens is 232 g/mol. The fourth-order valence-electron chi connectivity index (χ4n) is 1.86. The number of amides is 1. The molecule has 5 nitrogen and oxygen atoms in total. The van der Waals surface area contributed by atoms with Gasteiger partial charge in [-0.05, 0) is 18.2 Å². The first-order valence-corrected chi connectivity index (χ1v) is 5.74. The van der Waals surface area contributed by atoms with Crippen molar-refractivity contribution >= 4 is 11.6 Å². The van der Waals surface area contributed by atoms with Gasteiger partial charge in [0.15, 0.2) is 11.5 Å². The summed E-state index contributed by atoms with van der Waals surface area (Å²) in [5.74, 6) is 1.22. The van der Waals surface area contributed by atoms with E-state index >= 15 is 0 Å². The number of hydrogen-bond donors (Lipinski definition) is 1. The van der Waals surface area contributed by atoms with Crippen molar-refractivity contribution in [2.45, 2.75) is 13.3 Å². The number of nitrogens with zero attached hydrogens (tertiary/aromatic N) is 1. The van der Waals surface area contributed by atoms with Crippen LogP contribution in [0, 0.1) is 5.92 Å². The van der Waals surface area contributed by atoms with E-state index in [4.69, 9.17) is 9.47 Å². The van der Waals surface area contributed by atoms with Crippen LogP contribution in [0.1, 0.15) is 18.9 Å². The fourth-order valence-corrected chi connectivity index (χ4v) is 1.86. The molecule has 18 heavy (non-hydrogen) atoms. The lowest BCUT2D eigenvalue weighted by molar-refractivity contribution is -0.124. The Kier molecular flexibility index (Phi) is 3.50. The Balaban J connectivity index is 2.32. The van der Waals surface area contributed by atoms with Gasteiger partial charge in [0.1, 0.15) is 0 Å². The summed E-state index contributed by atoms with van der Waals surface area (Å²) >= 11 is 0. The maximum Gasteiger partial charge on any atom is 0.243 e. The van der Waals surface area contributed by atoms with Crippen LogP contribution in [0.25, 0.3) is 0 Å². The van der Waals surface area contributed by atoms with Gasteiger partial charge in [0.25, 0.3) is 0 Å². The molecule has 0 bridgehead atoms. The standard InChI is InChI=1S/C13H16N2O3/c1-8-6-10(14-15-13(8)16)9-4-5-11(17-2)12(7-9)18-3/h4-5,7-8H,6H2,1-3H3,(H,15,16). The average molecular weight is 248 g/mol. The number of rotatable bonds is 3. The molecule has 5 heteroatoms. The number of methoxy groups -OCH3 is 2. The Bertz CT molecular complexity index is 497. The molecule has 96 valence electrons. The Labute approximate surface area is 106 Å². The van der Waals surface area contributed by atoms with E-state index in [2.05, 4.69) is 10.5 Å². The zero-order valence-corrected chi connectivity index (χ0v) is 10.7. The molecule has 1 heterocycles.